The number of aryl methyl sites for hydroxylation is 1. The third-order valence-electron chi connectivity index (χ3n) is 4.77. The Balaban J connectivity index is 1.80. The first-order valence-electron chi connectivity index (χ1n) is 8.73. The van der Waals surface area contributed by atoms with E-state index in [4.69, 9.17) is 11.6 Å². The molecule has 0 saturated heterocycles. The standard InChI is InChI=1S/C21H22ClN3O2/c1-14-16(13-24-25(14)2)12-23-21(27)11-19(15-6-5-7-17(22)10-15)18-8-3-4-9-20(18)26/h3-10,13,19,26H,11-12H2,1-2H3,(H,23,27). The second kappa shape index (κ2) is 8.27. The highest BCUT2D eigenvalue weighted by Crippen LogP contribution is 2.34. The lowest BCUT2D eigenvalue weighted by atomic mass is 9.87. The van der Waals surface area contributed by atoms with Gasteiger partial charge in [-0.3, -0.25) is 9.48 Å². The molecule has 1 atom stereocenters. The topological polar surface area (TPSA) is 67.2 Å². The number of carbonyl (C=O) groups is 1. The van der Waals surface area contributed by atoms with Gasteiger partial charge in [0.2, 0.25) is 5.91 Å². The second-order valence-electron chi connectivity index (χ2n) is 6.53. The van der Waals surface area contributed by atoms with Gasteiger partial charge in [-0.05, 0) is 30.7 Å². The van der Waals surface area contributed by atoms with Gasteiger partial charge in [0.15, 0.2) is 0 Å². The fraction of sp³-hybridized carbons (Fsp3) is 0.238. The Labute approximate surface area is 163 Å². The number of rotatable bonds is 6. The molecular weight excluding hydrogens is 362 g/mol. The van der Waals surface area contributed by atoms with Gasteiger partial charge in [0.1, 0.15) is 5.75 Å². The van der Waals surface area contributed by atoms with Gasteiger partial charge in [-0.15, -0.1) is 0 Å². The fourth-order valence-electron chi connectivity index (χ4n) is 3.08. The molecule has 0 radical (unpaired) electrons. The molecule has 1 amide bonds. The number of hydrogen-bond donors (Lipinski definition) is 2. The Hall–Kier alpha value is -2.79. The van der Waals surface area contributed by atoms with E-state index in [1.165, 1.54) is 0 Å². The number of amides is 1. The number of benzene rings is 2. The van der Waals surface area contributed by atoms with Crippen molar-refractivity contribution in [3.05, 3.63) is 82.1 Å². The van der Waals surface area contributed by atoms with Crippen molar-refractivity contribution in [2.24, 2.45) is 7.05 Å². The fourth-order valence-corrected chi connectivity index (χ4v) is 3.28. The van der Waals surface area contributed by atoms with Gasteiger partial charge in [0, 0.05) is 47.8 Å². The lowest BCUT2D eigenvalue weighted by Crippen LogP contribution is -2.25. The van der Waals surface area contributed by atoms with Crippen molar-refractivity contribution in [2.45, 2.75) is 25.8 Å². The normalized spacial score (nSPS) is 12.0. The van der Waals surface area contributed by atoms with Crippen LogP contribution in [0.25, 0.3) is 0 Å². The molecule has 1 heterocycles. The maximum absolute atomic E-state index is 12.6. The summed E-state index contributed by atoms with van der Waals surface area (Å²) in [6.45, 7) is 2.38. The van der Waals surface area contributed by atoms with E-state index in [-0.39, 0.29) is 24.0 Å². The van der Waals surface area contributed by atoms with Crippen molar-refractivity contribution >= 4 is 17.5 Å². The zero-order valence-electron chi connectivity index (χ0n) is 15.3. The van der Waals surface area contributed by atoms with E-state index in [1.54, 1.807) is 29.1 Å². The van der Waals surface area contributed by atoms with E-state index in [0.29, 0.717) is 17.1 Å². The number of aromatic nitrogens is 2. The zero-order valence-corrected chi connectivity index (χ0v) is 16.1. The average Bonchev–Trinajstić information content (AvgIpc) is 2.97. The third kappa shape index (κ3) is 4.49. The lowest BCUT2D eigenvalue weighted by Gasteiger charge is -2.19. The van der Waals surface area contributed by atoms with Crippen molar-refractivity contribution in [3.63, 3.8) is 0 Å². The van der Waals surface area contributed by atoms with Gasteiger partial charge in [-0.25, -0.2) is 0 Å². The summed E-state index contributed by atoms with van der Waals surface area (Å²) in [5.41, 5.74) is 3.58. The van der Waals surface area contributed by atoms with Crippen molar-refractivity contribution in [1.29, 1.82) is 0 Å². The molecule has 27 heavy (non-hydrogen) atoms. The minimum Gasteiger partial charge on any atom is -0.508 e. The van der Waals surface area contributed by atoms with E-state index >= 15 is 0 Å². The molecule has 0 aliphatic heterocycles. The van der Waals surface area contributed by atoms with E-state index in [1.807, 2.05) is 44.3 Å². The van der Waals surface area contributed by atoms with E-state index in [2.05, 4.69) is 10.4 Å². The number of nitrogens with zero attached hydrogens (tertiary/aromatic N) is 2. The summed E-state index contributed by atoms with van der Waals surface area (Å²) >= 11 is 6.14. The number of para-hydroxylation sites is 1. The maximum atomic E-state index is 12.6. The predicted octanol–water partition coefficient (Wildman–Crippen LogP) is 3.93. The first-order chi connectivity index (χ1) is 13.0. The largest absolute Gasteiger partial charge is 0.508 e. The van der Waals surface area contributed by atoms with Crippen LogP contribution in [0.5, 0.6) is 5.75 Å². The van der Waals surface area contributed by atoms with Gasteiger partial charge in [-0.2, -0.15) is 5.10 Å². The molecule has 6 heteroatoms. The number of aromatic hydroxyl groups is 1. The Kier molecular flexibility index (Phi) is 5.81. The molecule has 0 fully saturated rings. The van der Waals surface area contributed by atoms with Crippen LogP contribution in [0.3, 0.4) is 0 Å². The molecule has 2 N–H and O–H groups in total. The number of phenols is 1. The summed E-state index contributed by atoms with van der Waals surface area (Å²) in [5.74, 6) is -0.232. The zero-order chi connectivity index (χ0) is 19.4. The van der Waals surface area contributed by atoms with Gasteiger partial charge in [0.25, 0.3) is 0 Å². The summed E-state index contributed by atoms with van der Waals surface area (Å²) in [4.78, 5) is 12.6. The predicted molar refractivity (Wildman–Crippen MR) is 106 cm³/mol. The maximum Gasteiger partial charge on any atom is 0.221 e. The molecular formula is C21H22ClN3O2. The van der Waals surface area contributed by atoms with Crippen LogP contribution in [-0.4, -0.2) is 20.8 Å². The number of halogens is 1. The first-order valence-corrected chi connectivity index (χ1v) is 9.11. The van der Waals surface area contributed by atoms with Gasteiger partial charge in [-0.1, -0.05) is 41.9 Å². The Morgan fingerprint density at radius 3 is 2.70 bits per heavy atom. The van der Waals surface area contributed by atoms with E-state index in [0.717, 1.165) is 16.8 Å². The number of phenolic OH excluding ortho intramolecular Hbond substituents is 1. The number of carbonyl (C=O) groups excluding carboxylic acids is 1. The van der Waals surface area contributed by atoms with Crippen molar-refractivity contribution in [2.75, 3.05) is 0 Å². The monoisotopic (exact) mass is 383 g/mol. The minimum absolute atomic E-state index is 0.105. The van der Waals surface area contributed by atoms with E-state index in [9.17, 15) is 9.90 Å². The molecule has 5 nitrogen and oxygen atoms in total. The molecule has 0 saturated carbocycles. The molecule has 0 aliphatic rings. The molecule has 3 aromatic rings. The van der Waals surface area contributed by atoms with Crippen LogP contribution >= 0.6 is 11.6 Å². The molecule has 3 rings (SSSR count). The lowest BCUT2D eigenvalue weighted by molar-refractivity contribution is -0.121. The SMILES string of the molecule is Cc1c(CNC(=O)CC(c2cccc(Cl)c2)c2ccccc2O)cnn1C. The molecule has 1 unspecified atom stereocenters. The highest BCUT2D eigenvalue weighted by Gasteiger charge is 2.21. The van der Waals surface area contributed by atoms with Crippen LogP contribution in [0.2, 0.25) is 5.02 Å². The molecule has 2 aromatic carbocycles. The van der Waals surface area contributed by atoms with Crippen molar-refractivity contribution in [1.82, 2.24) is 15.1 Å². The van der Waals surface area contributed by atoms with Crippen LogP contribution in [-0.2, 0) is 18.4 Å². The summed E-state index contributed by atoms with van der Waals surface area (Å²) in [6.07, 6.45) is 1.96. The second-order valence-corrected chi connectivity index (χ2v) is 6.96. The Morgan fingerprint density at radius 2 is 2.04 bits per heavy atom. The quantitative estimate of drug-likeness (QED) is 0.677. The average molecular weight is 384 g/mol. The van der Waals surface area contributed by atoms with Crippen LogP contribution in [0.1, 0.15) is 34.7 Å². The smallest absolute Gasteiger partial charge is 0.221 e. The van der Waals surface area contributed by atoms with Gasteiger partial charge >= 0.3 is 0 Å². The molecule has 140 valence electrons. The summed E-state index contributed by atoms with van der Waals surface area (Å²) in [6, 6.07) is 14.5. The Bertz CT molecular complexity index is 952. The third-order valence-corrected chi connectivity index (χ3v) is 5.00. The summed E-state index contributed by atoms with van der Waals surface area (Å²) in [5, 5.41) is 18.0. The highest BCUT2D eigenvalue weighted by atomic mass is 35.5. The molecule has 1 aromatic heterocycles. The molecule has 0 aliphatic carbocycles. The van der Waals surface area contributed by atoms with E-state index < -0.39 is 0 Å². The van der Waals surface area contributed by atoms with Crippen LogP contribution in [0, 0.1) is 6.92 Å². The minimum atomic E-state index is -0.292. The summed E-state index contributed by atoms with van der Waals surface area (Å²) in [7, 11) is 1.87. The number of nitrogens with one attached hydrogen (secondary N) is 1. The number of hydrogen-bond acceptors (Lipinski definition) is 3. The Morgan fingerprint density at radius 1 is 1.26 bits per heavy atom. The van der Waals surface area contributed by atoms with Crippen molar-refractivity contribution < 1.29 is 9.90 Å². The molecule has 0 spiro atoms. The van der Waals surface area contributed by atoms with Crippen LogP contribution in [0.4, 0.5) is 0 Å². The van der Waals surface area contributed by atoms with Crippen LogP contribution < -0.4 is 5.32 Å². The van der Waals surface area contributed by atoms with Crippen molar-refractivity contribution in [3.8, 4) is 5.75 Å². The first kappa shape index (κ1) is 19.0. The van der Waals surface area contributed by atoms with Gasteiger partial charge < -0.3 is 10.4 Å². The van der Waals surface area contributed by atoms with Crippen LogP contribution in [0.15, 0.2) is 54.7 Å². The van der Waals surface area contributed by atoms with Gasteiger partial charge in [0.05, 0.1) is 6.20 Å². The summed E-state index contributed by atoms with van der Waals surface area (Å²) < 4.78 is 1.78. The highest BCUT2D eigenvalue weighted by molar-refractivity contribution is 6.30. The molecule has 0 bridgehead atoms.